The van der Waals surface area contributed by atoms with Crippen molar-refractivity contribution in [1.29, 1.82) is 0 Å². The van der Waals surface area contributed by atoms with Crippen LogP contribution >= 0.6 is 0 Å². The quantitative estimate of drug-likeness (QED) is 0.487. The van der Waals surface area contributed by atoms with Crippen LogP contribution in [-0.2, 0) is 13.0 Å². The molecule has 1 N–H and O–H groups in total. The largest absolute Gasteiger partial charge is 0.373 e. The first kappa shape index (κ1) is 19.8. The summed E-state index contributed by atoms with van der Waals surface area (Å²) in [5.74, 6) is 2.46. The Bertz CT molecular complexity index is 1110. The molecule has 0 aliphatic carbocycles. The van der Waals surface area contributed by atoms with Gasteiger partial charge in [0.05, 0.1) is 6.54 Å². The molecule has 154 valence electrons. The molecule has 0 saturated heterocycles. The van der Waals surface area contributed by atoms with Crippen molar-refractivity contribution in [1.82, 2.24) is 24.9 Å². The van der Waals surface area contributed by atoms with Gasteiger partial charge in [0.1, 0.15) is 5.82 Å². The van der Waals surface area contributed by atoms with Gasteiger partial charge in [0.25, 0.3) is 5.89 Å². The summed E-state index contributed by atoms with van der Waals surface area (Å²) in [5, 5.41) is 11.8. The molecule has 30 heavy (non-hydrogen) atoms. The summed E-state index contributed by atoms with van der Waals surface area (Å²) in [7, 11) is 1.85. The van der Waals surface area contributed by atoms with E-state index in [2.05, 4.69) is 51.5 Å². The molecule has 7 nitrogen and oxygen atoms in total. The minimum Gasteiger partial charge on any atom is -0.373 e. The van der Waals surface area contributed by atoms with Crippen LogP contribution < -0.4 is 5.32 Å². The zero-order valence-electron chi connectivity index (χ0n) is 17.8. The molecular formula is C23H26N6O. The van der Waals surface area contributed by atoms with Crippen LogP contribution in [0.1, 0.15) is 30.7 Å². The molecule has 0 saturated carbocycles. The molecule has 0 radical (unpaired) electrons. The van der Waals surface area contributed by atoms with Crippen molar-refractivity contribution in [2.75, 3.05) is 12.4 Å². The molecule has 4 aromatic rings. The molecule has 0 fully saturated rings. The van der Waals surface area contributed by atoms with Gasteiger partial charge < -0.3 is 9.84 Å². The monoisotopic (exact) mass is 402 g/mol. The summed E-state index contributed by atoms with van der Waals surface area (Å²) in [4.78, 5) is 8.90. The average molecular weight is 403 g/mol. The predicted molar refractivity (Wildman–Crippen MR) is 117 cm³/mol. The van der Waals surface area contributed by atoms with Crippen molar-refractivity contribution in [3.8, 4) is 23.0 Å². The minimum absolute atomic E-state index is 0.418. The number of aromatic nitrogens is 5. The van der Waals surface area contributed by atoms with E-state index in [4.69, 9.17) is 4.52 Å². The summed E-state index contributed by atoms with van der Waals surface area (Å²) in [5.41, 5.74) is 5.00. The normalized spacial score (nSPS) is 11.2. The van der Waals surface area contributed by atoms with Gasteiger partial charge in [0, 0.05) is 24.5 Å². The van der Waals surface area contributed by atoms with Crippen LogP contribution in [0.2, 0.25) is 0 Å². The number of anilines is 1. The van der Waals surface area contributed by atoms with Gasteiger partial charge in [0.2, 0.25) is 5.82 Å². The molecule has 0 aliphatic rings. The summed E-state index contributed by atoms with van der Waals surface area (Å²) in [6.07, 6.45) is 2.90. The zero-order chi connectivity index (χ0) is 21.1. The molecule has 1 aromatic carbocycles. The van der Waals surface area contributed by atoms with E-state index < -0.39 is 0 Å². The molecular weight excluding hydrogens is 376 g/mol. The Morgan fingerprint density at radius 2 is 1.83 bits per heavy atom. The third kappa shape index (κ3) is 4.40. The van der Waals surface area contributed by atoms with Gasteiger partial charge in [0.15, 0.2) is 5.69 Å². The molecule has 0 bridgehead atoms. The Morgan fingerprint density at radius 3 is 2.50 bits per heavy atom. The number of benzene rings is 1. The zero-order valence-corrected chi connectivity index (χ0v) is 17.8. The molecule has 4 rings (SSSR count). The standard InChI is InChI=1S/C23H26N6O/c1-15(2)11-17-5-8-19(9-6-17)22-26-23(30-28-22)20-12-16(3)29(27-20)14-18-7-10-21(24-4)25-13-18/h5-10,12-13,15H,11,14H2,1-4H3,(H,24,25). The Morgan fingerprint density at radius 1 is 1.07 bits per heavy atom. The van der Waals surface area contributed by atoms with Gasteiger partial charge in [-0.25, -0.2) is 4.98 Å². The lowest BCUT2D eigenvalue weighted by Crippen LogP contribution is -2.04. The molecule has 0 unspecified atom stereocenters. The highest BCUT2D eigenvalue weighted by molar-refractivity contribution is 5.58. The van der Waals surface area contributed by atoms with Crippen molar-refractivity contribution in [2.24, 2.45) is 5.92 Å². The summed E-state index contributed by atoms with van der Waals surface area (Å²) >= 11 is 0. The third-order valence-corrected chi connectivity index (χ3v) is 4.90. The van der Waals surface area contributed by atoms with E-state index in [1.54, 1.807) is 0 Å². The highest BCUT2D eigenvalue weighted by Crippen LogP contribution is 2.23. The fourth-order valence-electron chi connectivity index (χ4n) is 3.32. The van der Waals surface area contributed by atoms with E-state index in [9.17, 15) is 0 Å². The molecule has 0 atom stereocenters. The van der Waals surface area contributed by atoms with E-state index in [1.807, 2.05) is 55.2 Å². The van der Waals surface area contributed by atoms with E-state index in [0.717, 1.165) is 29.1 Å². The Labute approximate surface area is 176 Å². The van der Waals surface area contributed by atoms with Gasteiger partial charge >= 0.3 is 0 Å². The van der Waals surface area contributed by atoms with Crippen molar-refractivity contribution in [3.63, 3.8) is 0 Å². The first-order valence-corrected chi connectivity index (χ1v) is 10.1. The maximum atomic E-state index is 5.49. The van der Waals surface area contributed by atoms with Crippen LogP contribution in [0.25, 0.3) is 23.0 Å². The number of hydrogen-bond donors (Lipinski definition) is 1. The molecule has 0 spiro atoms. The lowest BCUT2D eigenvalue weighted by molar-refractivity contribution is 0.430. The van der Waals surface area contributed by atoms with E-state index in [0.29, 0.717) is 29.9 Å². The SMILES string of the molecule is CNc1ccc(Cn2nc(-c3nc(-c4ccc(CC(C)C)cc4)no3)cc2C)cn1. The second-order valence-electron chi connectivity index (χ2n) is 7.85. The molecule has 0 aliphatic heterocycles. The second-order valence-corrected chi connectivity index (χ2v) is 7.85. The average Bonchev–Trinajstić information content (AvgIpc) is 3.36. The maximum absolute atomic E-state index is 5.49. The molecule has 0 amide bonds. The number of pyridine rings is 1. The van der Waals surface area contributed by atoms with Crippen LogP contribution in [-0.4, -0.2) is 32.0 Å². The van der Waals surface area contributed by atoms with Crippen LogP contribution in [0.15, 0.2) is 53.2 Å². The number of hydrogen-bond acceptors (Lipinski definition) is 6. The van der Waals surface area contributed by atoms with Crippen LogP contribution in [0.3, 0.4) is 0 Å². The van der Waals surface area contributed by atoms with Crippen LogP contribution in [0.4, 0.5) is 5.82 Å². The van der Waals surface area contributed by atoms with Crippen LogP contribution in [0.5, 0.6) is 0 Å². The first-order valence-electron chi connectivity index (χ1n) is 10.1. The second kappa shape index (κ2) is 8.49. The van der Waals surface area contributed by atoms with Gasteiger partial charge in [-0.1, -0.05) is 49.3 Å². The highest BCUT2D eigenvalue weighted by Gasteiger charge is 2.15. The lowest BCUT2D eigenvalue weighted by atomic mass is 10.0. The Kier molecular flexibility index (Phi) is 5.61. The number of rotatable bonds is 7. The van der Waals surface area contributed by atoms with Gasteiger partial charge in [-0.2, -0.15) is 10.1 Å². The first-order chi connectivity index (χ1) is 14.5. The van der Waals surface area contributed by atoms with E-state index >= 15 is 0 Å². The topological polar surface area (TPSA) is 81.7 Å². The van der Waals surface area contributed by atoms with Crippen molar-refractivity contribution >= 4 is 5.82 Å². The highest BCUT2D eigenvalue weighted by atomic mass is 16.5. The van der Waals surface area contributed by atoms with Crippen LogP contribution in [0, 0.1) is 12.8 Å². The van der Waals surface area contributed by atoms with E-state index in [1.165, 1.54) is 5.56 Å². The molecule has 7 heteroatoms. The molecule has 3 heterocycles. The van der Waals surface area contributed by atoms with Crippen molar-refractivity contribution in [2.45, 2.75) is 33.7 Å². The fraction of sp³-hybridized carbons (Fsp3) is 0.304. The summed E-state index contributed by atoms with van der Waals surface area (Å²) in [6, 6.07) is 14.3. The molecule has 3 aromatic heterocycles. The number of aryl methyl sites for hydroxylation is 1. The number of nitrogens with one attached hydrogen (secondary N) is 1. The van der Waals surface area contributed by atoms with Gasteiger partial charge in [-0.05, 0) is 42.5 Å². The van der Waals surface area contributed by atoms with Gasteiger partial charge in [-0.15, -0.1) is 0 Å². The maximum Gasteiger partial charge on any atom is 0.278 e. The van der Waals surface area contributed by atoms with Crippen molar-refractivity contribution in [3.05, 3.63) is 65.5 Å². The smallest absolute Gasteiger partial charge is 0.278 e. The van der Waals surface area contributed by atoms with Crippen molar-refractivity contribution < 1.29 is 4.52 Å². The Hall–Kier alpha value is -3.48. The third-order valence-electron chi connectivity index (χ3n) is 4.90. The van der Waals surface area contributed by atoms with Gasteiger partial charge in [-0.3, -0.25) is 4.68 Å². The fourth-order valence-corrected chi connectivity index (χ4v) is 3.32. The Balaban J connectivity index is 1.51. The summed E-state index contributed by atoms with van der Waals surface area (Å²) < 4.78 is 7.40. The lowest BCUT2D eigenvalue weighted by Gasteiger charge is -2.05. The van der Waals surface area contributed by atoms with E-state index in [-0.39, 0.29) is 0 Å². The minimum atomic E-state index is 0.418. The predicted octanol–water partition coefficient (Wildman–Crippen LogP) is 4.59. The number of nitrogens with zero attached hydrogens (tertiary/aromatic N) is 5. The summed E-state index contributed by atoms with van der Waals surface area (Å²) in [6.45, 7) is 7.07.